The summed E-state index contributed by atoms with van der Waals surface area (Å²) in [5, 5.41) is 12.9. The molecule has 1 aliphatic rings. The maximum Gasteiger partial charge on any atom is 0.220 e. The van der Waals surface area contributed by atoms with Gasteiger partial charge in [-0.2, -0.15) is 11.8 Å². The SMILES string of the molecule is O=C(CC1CCSCC1)NCCC(O)c1ccccc1. The lowest BCUT2D eigenvalue weighted by Crippen LogP contribution is -2.28. The number of hydrogen-bond donors (Lipinski definition) is 2. The van der Waals surface area contributed by atoms with Crippen LogP contribution < -0.4 is 5.32 Å². The molecule has 1 unspecified atom stereocenters. The zero-order chi connectivity index (χ0) is 14.2. The second-order valence-corrected chi connectivity index (χ2v) is 6.55. The maximum atomic E-state index is 11.8. The third-order valence-electron chi connectivity index (χ3n) is 3.74. The van der Waals surface area contributed by atoms with E-state index < -0.39 is 6.10 Å². The van der Waals surface area contributed by atoms with E-state index in [0.717, 1.165) is 18.4 Å². The predicted octanol–water partition coefficient (Wildman–Crippen LogP) is 2.76. The Morgan fingerprint density at radius 2 is 2.00 bits per heavy atom. The molecule has 1 atom stereocenters. The molecule has 110 valence electrons. The first-order chi connectivity index (χ1) is 9.75. The molecule has 0 radical (unpaired) electrons. The average molecular weight is 293 g/mol. The number of carbonyl (C=O) groups excluding carboxylic acids is 1. The van der Waals surface area contributed by atoms with Gasteiger partial charge in [-0.05, 0) is 42.2 Å². The highest BCUT2D eigenvalue weighted by atomic mass is 32.2. The minimum absolute atomic E-state index is 0.127. The molecular formula is C16H23NO2S. The number of aliphatic hydroxyl groups excluding tert-OH is 1. The van der Waals surface area contributed by atoms with Crippen molar-refractivity contribution < 1.29 is 9.90 Å². The highest BCUT2D eigenvalue weighted by Crippen LogP contribution is 2.25. The molecule has 4 heteroatoms. The molecule has 0 saturated carbocycles. The smallest absolute Gasteiger partial charge is 0.220 e. The van der Waals surface area contributed by atoms with Crippen LogP contribution in [0.15, 0.2) is 30.3 Å². The first kappa shape index (κ1) is 15.4. The molecule has 1 amide bonds. The van der Waals surface area contributed by atoms with Crippen molar-refractivity contribution in [3.63, 3.8) is 0 Å². The van der Waals surface area contributed by atoms with Crippen LogP contribution in [-0.2, 0) is 4.79 Å². The summed E-state index contributed by atoms with van der Waals surface area (Å²) in [6.45, 7) is 0.538. The van der Waals surface area contributed by atoms with Gasteiger partial charge in [0.1, 0.15) is 0 Å². The minimum atomic E-state index is -0.498. The fraction of sp³-hybridized carbons (Fsp3) is 0.562. The van der Waals surface area contributed by atoms with Gasteiger partial charge in [0.25, 0.3) is 0 Å². The van der Waals surface area contributed by atoms with E-state index in [0.29, 0.717) is 25.3 Å². The number of rotatable bonds is 6. The molecule has 20 heavy (non-hydrogen) atoms. The largest absolute Gasteiger partial charge is 0.388 e. The van der Waals surface area contributed by atoms with Gasteiger partial charge in [0, 0.05) is 13.0 Å². The van der Waals surface area contributed by atoms with Crippen molar-refractivity contribution in [3.05, 3.63) is 35.9 Å². The number of nitrogens with one attached hydrogen (secondary N) is 1. The molecule has 1 aromatic rings. The second kappa shape index (κ2) is 8.32. The van der Waals surface area contributed by atoms with E-state index in [2.05, 4.69) is 5.32 Å². The lowest BCUT2D eigenvalue weighted by atomic mass is 9.98. The van der Waals surface area contributed by atoms with Gasteiger partial charge in [-0.3, -0.25) is 4.79 Å². The third-order valence-corrected chi connectivity index (χ3v) is 4.79. The molecule has 3 nitrogen and oxygen atoms in total. The Bertz CT molecular complexity index is 404. The van der Waals surface area contributed by atoms with Gasteiger partial charge >= 0.3 is 0 Å². The molecule has 1 aromatic carbocycles. The molecule has 1 aliphatic heterocycles. The standard InChI is InChI=1S/C16H23NO2S/c18-15(14-4-2-1-3-5-14)6-9-17-16(19)12-13-7-10-20-11-8-13/h1-5,13,15,18H,6-12H2,(H,17,19). The Morgan fingerprint density at radius 1 is 1.30 bits per heavy atom. The number of carbonyl (C=O) groups is 1. The maximum absolute atomic E-state index is 11.8. The summed E-state index contributed by atoms with van der Waals surface area (Å²) < 4.78 is 0. The molecule has 2 N–H and O–H groups in total. The third kappa shape index (κ3) is 5.17. The van der Waals surface area contributed by atoms with Crippen LogP contribution in [0.1, 0.15) is 37.4 Å². The van der Waals surface area contributed by atoms with Crippen LogP contribution in [0.3, 0.4) is 0 Å². The Hall–Kier alpha value is -1.00. The van der Waals surface area contributed by atoms with Crippen molar-refractivity contribution in [2.45, 2.75) is 31.8 Å². The first-order valence-corrected chi connectivity index (χ1v) is 8.48. The van der Waals surface area contributed by atoms with Crippen molar-refractivity contribution in [1.82, 2.24) is 5.32 Å². The first-order valence-electron chi connectivity index (χ1n) is 7.33. The molecular weight excluding hydrogens is 270 g/mol. The molecule has 0 aromatic heterocycles. The molecule has 0 bridgehead atoms. The van der Waals surface area contributed by atoms with E-state index in [4.69, 9.17) is 0 Å². The average Bonchev–Trinajstić information content (AvgIpc) is 2.49. The van der Waals surface area contributed by atoms with Crippen LogP contribution in [0.2, 0.25) is 0 Å². The van der Waals surface area contributed by atoms with Crippen LogP contribution in [0.25, 0.3) is 0 Å². The predicted molar refractivity (Wildman–Crippen MR) is 83.7 cm³/mol. The van der Waals surface area contributed by atoms with Gasteiger partial charge in [-0.15, -0.1) is 0 Å². The summed E-state index contributed by atoms with van der Waals surface area (Å²) in [4.78, 5) is 11.8. The molecule has 1 heterocycles. The molecule has 1 saturated heterocycles. The van der Waals surface area contributed by atoms with Crippen LogP contribution in [-0.4, -0.2) is 29.1 Å². The van der Waals surface area contributed by atoms with Crippen molar-refractivity contribution in [2.75, 3.05) is 18.1 Å². The van der Waals surface area contributed by atoms with E-state index in [1.54, 1.807) is 0 Å². The van der Waals surface area contributed by atoms with Crippen LogP contribution in [0.5, 0.6) is 0 Å². The Labute approximate surface area is 125 Å². The van der Waals surface area contributed by atoms with E-state index in [-0.39, 0.29) is 5.91 Å². The van der Waals surface area contributed by atoms with Crippen molar-refractivity contribution in [2.24, 2.45) is 5.92 Å². The van der Waals surface area contributed by atoms with Crippen molar-refractivity contribution in [3.8, 4) is 0 Å². The fourth-order valence-corrected chi connectivity index (χ4v) is 3.68. The zero-order valence-corrected chi connectivity index (χ0v) is 12.6. The quantitative estimate of drug-likeness (QED) is 0.848. The lowest BCUT2D eigenvalue weighted by molar-refractivity contribution is -0.122. The van der Waals surface area contributed by atoms with E-state index in [1.807, 2.05) is 42.1 Å². The lowest BCUT2D eigenvalue weighted by Gasteiger charge is -2.20. The van der Waals surface area contributed by atoms with Crippen LogP contribution in [0.4, 0.5) is 0 Å². The summed E-state index contributed by atoms with van der Waals surface area (Å²) in [7, 11) is 0. The zero-order valence-electron chi connectivity index (χ0n) is 11.8. The highest BCUT2D eigenvalue weighted by Gasteiger charge is 2.17. The number of amides is 1. The molecule has 2 rings (SSSR count). The summed E-state index contributed by atoms with van der Waals surface area (Å²) >= 11 is 1.98. The summed E-state index contributed by atoms with van der Waals surface area (Å²) in [6, 6.07) is 9.58. The topological polar surface area (TPSA) is 49.3 Å². The normalized spacial score (nSPS) is 17.6. The van der Waals surface area contributed by atoms with E-state index >= 15 is 0 Å². The molecule has 0 spiro atoms. The van der Waals surface area contributed by atoms with E-state index in [1.165, 1.54) is 11.5 Å². The number of hydrogen-bond acceptors (Lipinski definition) is 3. The highest BCUT2D eigenvalue weighted by molar-refractivity contribution is 7.99. The van der Waals surface area contributed by atoms with Gasteiger partial charge in [0.2, 0.25) is 5.91 Å². The monoisotopic (exact) mass is 293 g/mol. The Morgan fingerprint density at radius 3 is 2.70 bits per heavy atom. The minimum Gasteiger partial charge on any atom is -0.388 e. The van der Waals surface area contributed by atoms with Gasteiger partial charge in [-0.1, -0.05) is 30.3 Å². The van der Waals surface area contributed by atoms with Crippen molar-refractivity contribution >= 4 is 17.7 Å². The van der Waals surface area contributed by atoms with Crippen LogP contribution in [0, 0.1) is 5.92 Å². The van der Waals surface area contributed by atoms with Crippen molar-refractivity contribution in [1.29, 1.82) is 0 Å². The fourth-order valence-electron chi connectivity index (χ4n) is 2.48. The Kier molecular flexibility index (Phi) is 6.40. The van der Waals surface area contributed by atoms with Gasteiger partial charge in [-0.25, -0.2) is 0 Å². The number of thioether (sulfide) groups is 1. The van der Waals surface area contributed by atoms with Gasteiger partial charge in [0.15, 0.2) is 0 Å². The number of benzene rings is 1. The molecule has 1 fully saturated rings. The van der Waals surface area contributed by atoms with Crippen LogP contribution >= 0.6 is 11.8 Å². The summed E-state index contributed by atoms with van der Waals surface area (Å²) in [5.74, 6) is 3.05. The van der Waals surface area contributed by atoms with E-state index in [9.17, 15) is 9.90 Å². The summed E-state index contributed by atoms with van der Waals surface area (Å²) in [5.41, 5.74) is 0.908. The van der Waals surface area contributed by atoms with Gasteiger partial charge in [0.05, 0.1) is 6.10 Å². The summed E-state index contributed by atoms with van der Waals surface area (Å²) in [6.07, 6.45) is 3.02. The van der Waals surface area contributed by atoms with Gasteiger partial charge < -0.3 is 10.4 Å². The second-order valence-electron chi connectivity index (χ2n) is 5.32. The molecule has 0 aliphatic carbocycles. The Balaban J connectivity index is 1.63. The number of aliphatic hydroxyl groups is 1.